The summed E-state index contributed by atoms with van der Waals surface area (Å²) in [5.41, 5.74) is 0.0664. The molecule has 0 heterocycles. The normalized spacial score (nSPS) is 12.5. The van der Waals surface area contributed by atoms with Crippen LogP contribution >= 0.6 is 0 Å². The molecule has 0 radical (unpaired) electrons. The van der Waals surface area contributed by atoms with Crippen molar-refractivity contribution in [1.82, 2.24) is 9.80 Å². The number of nitrogens with zero attached hydrogens (tertiary/aromatic N) is 2. The van der Waals surface area contributed by atoms with Crippen LogP contribution in [0.2, 0.25) is 0 Å². The van der Waals surface area contributed by atoms with Crippen LogP contribution in [0.15, 0.2) is 0 Å². The van der Waals surface area contributed by atoms with E-state index >= 15 is 0 Å². The topological polar surface area (TPSA) is 87.4 Å². The Hall–Kier alpha value is -0.240. The number of aliphatic hydroxyl groups excluding tert-OH is 4. The van der Waals surface area contributed by atoms with Crippen molar-refractivity contribution in [2.75, 3.05) is 52.6 Å². The number of rotatable bonds is 8. The lowest BCUT2D eigenvalue weighted by molar-refractivity contribution is 0.0841. The largest absolute Gasteiger partial charge is 0.395 e. The SMILES string of the molecule is CC(C)(C)N(CCO)CCO.CC(C)(C)N(CCO)CCO. The molecule has 0 aliphatic heterocycles. The molecule has 0 aromatic heterocycles. The highest BCUT2D eigenvalue weighted by atomic mass is 16.3. The molecule has 22 heavy (non-hydrogen) atoms. The van der Waals surface area contributed by atoms with Gasteiger partial charge in [-0.25, -0.2) is 0 Å². The molecule has 0 amide bonds. The van der Waals surface area contributed by atoms with Crippen LogP contribution in [-0.4, -0.2) is 93.9 Å². The molecule has 0 atom stereocenters. The summed E-state index contributed by atoms with van der Waals surface area (Å²) < 4.78 is 0. The van der Waals surface area contributed by atoms with Gasteiger partial charge < -0.3 is 20.4 Å². The minimum atomic E-state index is 0.0332. The fourth-order valence-corrected chi connectivity index (χ4v) is 2.05. The van der Waals surface area contributed by atoms with Crippen LogP contribution in [0.25, 0.3) is 0 Å². The third kappa shape index (κ3) is 12.3. The maximum Gasteiger partial charge on any atom is 0.0558 e. The second-order valence-electron chi connectivity index (χ2n) is 7.21. The predicted octanol–water partition coefficient (Wildman–Crippen LogP) is 0.143. The molecule has 0 aliphatic carbocycles. The molecule has 0 spiro atoms. The zero-order chi connectivity index (χ0) is 17.8. The molecular weight excluding hydrogens is 284 g/mol. The van der Waals surface area contributed by atoms with Crippen molar-refractivity contribution in [2.45, 2.75) is 52.6 Å². The molecule has 0 aliphatic rings. The maximum atomic E-state index is 8.70. The van der Waals surface area contributed by atoms with Gasteiger partial charge in [0.15, 0.2) is 0 Å². The van der Waals surface area contributed by atoms with Gasteiger partial charge in [-0.05, 0) is 41.5 Å². The van der Waals surface area contributed by atoms with E-state index in [2.05, 4.69) is 41.5 Å². The number of hydrogen-bond donors (Lipinski definition) is 4. The quantitative estimate of drug-likeness (QED) is 0.509. The lowest BCUT2D eigenvalue weighted by Crippen LogP contribution is -2.44. The van der Waals surface area contributed by atoms with Gasteiger partial charge >= 0.3 is 0 Å². The zero-order valence-electron chi connectivity index (χ0n) is 15.3. The molecule has 0 aromatic rings. The van der Waals surface area contributed by atoms with Crippen LogP contribution in [0.3, 0.4) is 0 Å². The Kier molecular flexibility index (Phi) is 13.3. The highest BCUT2D eigenvalue weighted by molar-refractivity contribution is 4.76. The number of aliphatic hydroxyl groups is 4. The first-order valence-electron chi connectivity index (χ1n) is 7.98. The minimum Gasteiger partial charge on any atom is -0.395 e. The van der Waals surface area contributed by atoms with Crippen LogP contribution in [0.4, 0.5) is 0 Å². The van der Waals surface area contributed by atoms with E-state index in [9.17, 15) is 0 Å². The molecule has 6 heteroatoms. The van der Waals surface area contributed by atoms with Crippen LogP contribution in [0.5, 0.6) is 0 Å². The van der Waals surface area contributed by atoms with Gasteiger partial charge in [-0.3, -0.25) is 9.80 Å². The first-order chi connectivity index (χ1) is 10.0. The second-order valence-corrected chi connectivity index (χ2v) is 7.21. The van der Waals surface area contributed by atoms with E-state index in [-0.39, 0.29) is 37.5 Å². The Balaban J connectivity index is 0. The Labute approximate surface area is 136 Å². The van der Waals surface area contributed by atoms with Gasteiger partial charge in [-0.2, -0.15) is 0 Å². The van der Waals surface area contributed by atoms with Crippen molar-refractivity contribution >= 4 is 0 Å². The molecule has 0 aromatic carbocycles. The Morgan fingerprint density at radius 1 is 0.500 bits per heavy atom. The van der Waals surface area contributed by atoms with Crippen LogP contribution in [0, 0.1) is 0 Å². The summed E-state index contributed by atoms with van der Waals surface area (Å²) in [6.07, 6.45) is 0. The van der Waals surface area contributed by atoms with Crippen LogP contribution in [-0.2, 0) is 0 Å². The van der Waals surface area contributed by atoms with E-state index in [0.29, 0.717) is 26.2 Å². The molecule has 0 bridgehead atoms. The van der Waals surface area contributed by atoms with Gasteiger partial charge in [0.05, 0.1) is 26.4 Å². The average Bonchev–Trinajstić information content (AvgIpc) is 2.37. The van der Waals surface area contributed by atoms with Gasteiger partial charge in [0.25, 0.3) is 0 Å². The van der Waals surface area contributed by atoms with E-state index in [0.717, 1.165) is 0 Å². The molecule has 6 nitrogen and oxygen atoms in total. The average molecular weight is 322 g/mol. The summed E-state index contributed by atoms with van der Waals surface area (Å²) in [5, 5.41) is 34.8. The van der Waals surface area contributed by atoms with Crippen LogP contribution in [0.1, 0.15) is 41.5 Å². The molecule has 0 saturated carbocycles. The van der Waals surface area contributed by atoms with E-state index < -0.39 is 0 Å². The fraction of sp³-hybridized carbons (Fsp3) is 1.00. The molecule has 0 fully saturated rings. The van der Waals surface area contributed by atoms with Gasteiger partial charge in [0, 0.05) is 37.3 Å². The van der Waals surface area contributed by atoms with Crippen LogP contribution < -0.4 is 0 Å². The lowest BCUT2D eigenvalue weighted by atomic mass is 10.1. The summed E-state index contributed by atoms with van der Waals surface area (Å²) in [5.74, 6) is 0. The van der Waals surface area contributed by atoms with Crippen molar-refractivity contribution in [3.05, 3.63) is 0 Å². The highest BCUT2D eigenvalue weighted by Crippen LogP contribution is 2.11. The minimum absolute atomic E-state index is 0.0332. The molecule has 0 rings (SSSR count). The van der Waals surface area contributed by atoms with Gasteiger partial charge in [-0.15, -0.1) is 0 Å². The summed E-state index contributed by atoms with van der Waals surface area (Å²) in [6.45, 7) is 15.5. The van der Waals surface area contributed by atoms with Gasteiger partial charge in [0.1, 0.15) is 0 Å². The third-order valence-electron chi connectivity index (χ3n) is 3.38. The van der Waals surface area contributed by atoms with E-state index in [1.54, 1.807) is 0 Å². The second kappa shape index (κ2) is 12.2. The third-order valence-corrected chi connectivity index (χ3v) is 3.38. The van der Waals surface area contributed by atoms with Gasteiger partial charge in [0.2, 0.25) is 0 Å². The van der Waals surface area contributed by atoms with Crippen molar-refractivity contribution in [2.24, 2.45) is 0 Å². The molecule has 136 valence electrons. The van der Waals surface area contributed by atoms with E-state index in [1.807, 2.05) is 9.80 Å². The van der Waals surface area contributed by atoms with E-state index in [4.69, 9.17) is 20.4 Å². The smallest absolute Gasteiger partial charge is 0.0558 e. The van der Waals surface area contributed by atoms with Crippen molar-refractivity contribution < 1.29 is 20.4 Å². The van der Waals surface area contributed by atoms with E-state index in [1.165, 1.54) is 0 Å². The number of β-amino-alcohol motifs (C(OH)–C–C–N with tert-alkyl or cyclic N) is 4. The molecule has 0 unspecified atom stereocenters. The Morgan fingerprint density at radius 3 is 0.773 bits per heavy atom. The first kappa shape index (κ1) is 24.0. The zero-order valence-corrected chi connectivity index (χ0v) is 15.3. The lowest BCUT2D eigenvalue weighted by Gasteiger charge is -2.34. The van der Waals surface area contributed by atoms with Crippen molar-refractivity contribution in [3.8, 4) is 0 Å². The summed E-state index contributed by atoms with van der Waals surface area (Å²) >= 11 is 0. The Bertz CT molecular complexity index is 212. The van der Waals surface area contributed by atoms with Gasteiger partial charge in [-0.1, -0.05) is 0 Å². The molecule has 0 saturated heterocycles. The molecular formula is C16H38N2O4. The standard InChI is InChI=1S/2C8H19NO2/c2*1-8(2,3)9(4-6-10)5-7-11/h2*10-11H,4-7H2,1-3H3. The summed E-state index contributed by atoms with van der Waals surface area (Å²) in [7, 11) is 0. The van der Waals surface area contributed by atoms with Crippen molar-refractivity contribution in [3.63, 3.8) is 0 Å². The highest BCUT2D eigenvalue weighted by Gasteiger charge is 2.20. The Morgan fingerprint density at radius 2 is 0.682 bits per heavy atom. The number of hydrogen-bond acceptors (Lipinski definition) is 6. The first-order valence-corrected chi connectivity index (χ1v) is 7.98. The fourth-order valence-electron chi connectivity index (χ4n) is 2.05. The maximum absolute atomic E-state index is 8.70. The summed E-state index contributed by atoms with van der Waals surface area (Å²) in [6, 6.07) is 0. The van der Waals surface area contributed by atoms with Crippen molar-refractivity contribution in [1.29, 1.82) is 0 Å². The summed E-state index contributed by atoms with van der Waals surface area (Å²) in [4.78, 5) is 4.10. The predicted molar refractivity (Wildman–Crippen MR) is 91.0 cm³/mol. The molecule has 4 N–H and O–H groups in total. The monoisotopic (exact) mass is 322 g/mol.